The number of carbonyl (C=O) groups excluding carboxylic acids is 2. The van der Waals surface area contributed by atoms with Crippen molar-refractivity contribution >= 4 is 29.3 Å². The number of hydrogen-bond acceptors (Lipinski definition) is 3. The van der Waals surface area contributed by atoms with Gasteiger partial charge in [0.25, 0.3) is 0 Å². The summed E-state index contributed by atoms with van der Waals surface area (Å²) in [5.41, 5.74) is 3.06. The smallest absolute Gasteiger partial charge is 0.248 e. The zero-order valence-corrected chi connectivity index (χ0v) is 15.9. The fourth-order valence-electron chi connectivity index (χ4n) is 3.02. The monoisotopic (exact) mass is 348 g/mol. The Bertz CT molecular complexity index is 603. The summed E-state index contributed by atoms with van der Waals surface area (Å²) in [4.78, 5) is 27.0. The number of nitrogens with one attached hydrogen (secondary N) is 1. The summed E-state index contributed by atoms with van der Waals surface area (Å²) >= 11 is 1.65. The van der Waals surface area contributed by atoms with Crippen molar-refractivity contribution in [2.45, 2.75) is 53.0 Å². The molecule has 0 saturated carbocycles. The van der Waals surface area contributed by atoms with Gasteiger partial charge in [0.15, 0.2) is 0 Å². The summed E-state index contributed by atoms with van der Waals surface area (Å²) in [6.07, 6.45) is 2.66. The molecule has 0 aliphatic carbocycles. The molecular formula is C19H28N2O2S. The van der Waals surface area contributed by atoms with E-state index in [2.05, 4.69) is 19.2 Å². The van der Waals surface area contributed by atoms with Gasteiger partial charge in [0.2, 0.25) is 11.8 Å². The van der Waals surface area contributed by atoms with Gasteiger partial charge in [-0.2, -0.15) is 0 Å². The number of aryl methyl sites for hydroxylation is 1. The van der Waals surface area contributed by atoms with Crippen molar-refractivity contribution in [3.05, 3.63) is 29.3 Å². The van der Waals surface area contributed by atoms with Crippen LogP contribution < -0.4 is 5.32 Å². The average Bonchev–Trinajstić information content (AvgIpc) is 3.01. The largest absolute Gasteiger partial charge is 0.324 e. The molecule has 0 radical (unpaired) electrons. The van der Waals surface area contributed by atoms with Gasteiger partial charge in [-0.1, -0.05) is 38.8 Å². The van der Waals surface area contributed by atoms with Crippen LogP contribution in [0.25, 0.3) is 0 Å². The van der Waals surface area contributed by atoms with E-state index in [1.54, 1.807) is 16.7 Å². The Hall–Kier alpha value is -1.49. The average molecular weight is 349 g/mol. The first kappa shape index (κ1) is 18.8. The first-order chi connectivity index (χ1) is 11.4. The SMILES string of the molecule is CCCC(C)CC(=O)N1CSCC1C(=O)Nc1cccc(C)c1C. The maximum absolute atomic E-state index is 12.7. The molecule has 132 valence electrons. The lowest BCUT2D eigenvalue weighted by molar-refractivity contribution is -0.137. The molecule has 24 heavy (non-hydrogen) atoms. The van der Waals surface area contributed by atoms with Gasteiger partial charge >= 0.3 is 0 Å². The fourth-order valence-corrected chi connectivity index (χ4v) is 4.20. The molecule has 1 N–H and O–H groups in total. The Morgan fingerprint density at radius 2 is 2.12 bits per heavy atom. The standard InChI is InChI=1S/C19H28N2O2S/c1-5-7-13(2)10-18(22)21-12-24-11-17(21)19(23)20-16-9-6-8-14(3)15(16)4/h6,8-9,13,17H,5,7,10-12H2,1-4H3,(H,20,23). The van der Waals surface area contributed by atoms with Gasteiger partial charge in [-0.05, 0) is 37.0 Å². The van der Waals surface area contributed by atoms with Crippen molar-refractivity contribution in [2.24, 2.45) is 5.92 Å². The van der Waals surface area contributed by atoms with Crippen LogP contribution in [-0.2, 0) is 9.59 Å². The molecule has 1 aliphatic heterocycles. The molecule has 2 amide bonds. The van der Waals surface area contributed by atoms with Gasteiger partial charge in [-0.15, -0.1) is 11.8 Å². The molecule has 1 heterocycles. The molecule has 1 saturated heterocycles. The minimum Gasteiger partial charge on any atom is -0.324 e. The van der Waals surface area contributed by atoms with Crippen LogP contribution in [0.5, 0.6) is 0 Å². The second-order valence-electron chi connectivity index (χ2n) is 6.71. The van der Waals surface area contributed by atoms with Crippen molar-refractivity contribution in [1.82, 2.24) is 4.90 Å². The van der Waals surface area contributed by atoms with E-state index < -0.39 is 0 Å². The van der Waals surface area contributed by atoms with Gasteiger partial charge in [0.05, 0.1) is 5.88 Å². The maximum Gasteiger partial charge on any atom is 0.248 e. The van der Waals surface area contributed by atoms with E-state index >= 15 is 0 Å². The molecule has 1 aromatic rings. The highest BCUT2D eigenvalue weighted by molar-refractivity contribution is 7.99. The Morgan fingerprint density at radius 1 is 1.38 bits per heavy atom. The minimum atomic E-state index is -0.365. The van der Waals surface area contributed by atoms with Gasteiger partial charge in [0.1, 0.15) is 6.04 Å². The van der Waals surface area contributed by atoms with Crippen LogP contribution in [0.4, 0.5) is 5.69 Å². The first-order valence-electron chi connectivity index (χ1n) is 8.68. The van der Waals surface area contributed by atoms with E-state index in [1.807, 2.05) is 32.0 Å². The molecule has 0 bridgehead atoms. The number of carbonyl (C=O) groups is 2. The highest BCUT2D eigenvalue weighted by Crippen LogP contribution is 2.26. The van der Waals surface area contributed by atoms with Gasteiger partial charge in [-0.25, -0.2) is 0 Å². The quantitative estimate of drug-likeness (QED) is 0.846. The third-order valence-corrected chi connectivity index (χ3v) is 5.68. The Morgan fingerprint density at radius 3 is 2.83 bits per heavy atom. The molecule has 0 aromatic heterocycles. The number of amides is 2. The molecule has 1 aromatic carbocycles. The lowest BCUT2D eigenvalue weighted by Gasteiger charge is -2.25. The molecule has 2 atom stereocenters. The molecule has 4 nitrogen and oxygen atoms in total. The molecule has 2 rings (SSSR count). The third kappa shape index (κ3) is 4.53. The van der Waals surface area contributed by atoms with Gasteiger partial charge in [-0.3, -0.25) is 9.59 Å². The van der Waals surface area contributed by atoms with E-state index in [9.17, 15) is 9.59 Å². The van der Waals surface area contributed by atoms with Crippen molar-refractivity contribution < 1.29 is 9.59 Å². The Kier molecular flexibility index (Phi) is 6.72. The zero-order valence-electron chi connectivity index (χ0n) is 15.1. The van der Waals surface area contributed by atoms with Crippen LogP contribution in [0.15, 0.2) is 18.2 Å². The van der Waals surface area contributed by atoms with Crippen molar-refractivity contribution in [2.75, 3.05) is 16.9 Å². The van der Waals surface area contributed by atoms with E-state index in [4.69, 9.17) is 0 Å². The number of rotatable bonds is 6. The molecule has 1 aliphatic rings. The normalized spacial score (nSPS) is 18.5. The summed E-state index contributed by atoms with van der Waals surface area (Å²) in [5, 5.41) is 3.01. The van der Waals surface area contributed by atoms with Crippen LogP contribution in [0.2, 0.25) is 0 Å². The molecule has 1 fully saturated rings. The van der Waals surface area contributed by atoms with E-state index in [1.165, 1.54) is 0 Å². The molecule has 5 heteroatoms. The fraction of sp³-hybridized carbons (Fsp3) is 0.579. The van der Waals surface area contributed by atoms with Crippen LogP contribution in [0.1, 0.15) is 44.2 Å². The summed E-state index contributed by atoms with van der Waals surface area (Å²) < 4.78 is 0. The van der Waals surface area contributed by atoms with Gasteiger partial charge < -0.3 is 10.2 Å². The predicted molar refractivity (Wildman–Crippen MR) is 101 cm³/mol. The lowest BCUT2D eigenvalue weighted by Crippen LogP contribution is -2.45. The highest BCUT2D eigenvalue weighted by atomic mass is 32.2. The number of anilines is 1. The summed E-state index contributed by atoms with van der Waals surface area (Å²) in [7, 11) is 0. The second kappa shape index (κ2) is 8.56. The zero-order chi connectivity index (χ0) is 17.7. The number of nitrogens with zero attached hydrogens (tertiary/aromatic N) is 1. The molecule has 0 spiro atoms. The van der Waals surface area contributed by atoms with Gasteiger partial charge in [0, 0.05) is 17.9 Å². The highest BCUT2D eigenvalue weighted by Gasteiger charge is 2.35. The topological polar surface area (TPSA) is 49.4 Å². The predicted octanol–water partition coefficient (Wildman–Crippen LogP) is 3.97. The number of hydrogen-bond donors (Lipinski definition) is 1. The van der Waals surface area contributed by atoms with E-state index in [-0.39, 0.29) is 17.9 Å². The van der Waals surface area contributed by atoms with Crippen LogP contribution in [-0.4, -0.2) is 34.4 Å². The second-order valence-corrected chi connectivity index (χ2v) is 7.71. The van der Waals surface area contributed by atoms with Crippen LogP contribution >= 0.6 is 11.8 Å². The van der Waals surface area contributed by atoms with Crippen LogP contribution in [0, 0.1) is 19.8 Å². The summed E-state index contributed by atoms with van der Waals surface area (Å²) in [5.74, 6) is 1.68. The first-order valence-corrected chi connectivity index (χ1v) is 9.83. The Balaban J connectivity index is 2.02. The molecular weight excluding hydrogens is 320 g/mol. The summed E-state index contributed by atoms with van der Waals surface area (Å²) in [6.45, 7) is 8.27. The van der Waals surface area contributed by atoms with Crippen molar-refractivity contribution in [3.63, 3.8) is 0 Å². The summed E-state index contributed by atoms with van der Waals surface area (Å²) in [6, 6.07) is 5.52. The van der Waals surface area contributed by atoms with E-state index in [0.29, 0.717) is 24.0 Å². The minimum absolute atomic E-state index is 0.0785. The lowest BCUT2D eigenvalue weighted by atomic mass is 10.0. The number of thioether (sulfide) groups is 1. The third-order valence-electron chi connectivity index (χ3n) is 4.67. The van der Waals surface area contributed by atoms with E-state index in [0.717, 1.165) is 29.7 Å². The Labute approximate surface area is 149 Å². The van der Waals surface area contributed by atoms with Crippen molar-refractivity contribution in [3.8, 4) is 0 Å². The van der Waals surface area contributed by atoms with Crippen molar-refractivity contribution in [1.29, 1.82) is 0 Å². The molecule has 2 unspecified atom stereocenters. The van der Waals surface area contributed by atoms with Crippen LogP contribution in [0.3, 0.4) is 0 Å². The number of benzene rings is 1. The maximum atomic E-state index is 12.7.